The SMILES string of the molecule is Cc1nc(-c2cc3ccccc3s2)sc1COc1ccc(-c2noc(=O)[nH]2)c(Cl)c1.Cc1nc(Br)sc1COc1ccc(-c2noc(=O)[nH]2)c(Cl)c1.OB(O)c1cc2ccccc2s1. The van der Waals surface area contributed by atoms with Gasteiger partial charge in [0.1, 0.15) is 29.7 Å². The number of ether oxygens (including phenoxy) is 2. The molecular weight excluding hydrogens is 1010 g/mol. The fourth-order valence-electron chi connectivity index (χ4n) is 5.96. The number of H-pyrrole nitrogens is 2. The smallest absolute Gasteiger partial charge is 0.488 e. The van der Waals surface area contributed by atoms with Crippen LogP contribution in [0.25, 0.3) is 52.8 Å². The van der Waals surface area contributed by atoms with Crippen LogP contribution in [0.5, 0.6) is 11.5 Å². The molecule has 6 aromatic heterocycles. The Hall–Kier alpha value is -5.42. The topological polar surface area (TPSA) is 202 Å². The van der Waals surface area contributed by atoms with Crippen molar-refractivity contribution in [1.29, 1.82) is 0 Å². The van der Waals surface area contributed by atoms with Crippen LogP contribution in [0.1, 0.15) is 21.1 Å². The van der Waals surface area contributed by atoms with Gasteiger partial charge in [0.2, 0.25) is 0 Å². The first-order valence-corrected chi connectivity index (χ1v) is 23.6. The van der Waals surface area contributed by atoms with Crippen molar-refractivity contribution < 1.29 is 28.6 Å². The Morgan fingerprint density at radius 1 is 0.672 bits per heavy atom. The van der Waals surface area contributed by atoms with Gasteiger partial charge >= 0.3 is 18.6 Å². The number of nitrogens with zero attached hydrogens (tertiary/aromatic N) is 4. The summed E-state index contributed by atoms with van der Waals surface area (Å²) < 4.78 is 24.4. The average Bonchev–Trinajstić information content (AvgIpc) is 4.14. The van der Waals surface area contributed by atoms with Crippen LogP contribution in [0.2, 0.25) is 10.0 Å². The van der Waals surface area contributed by atoms with Crippen LogP contribution in [0.3, 0.4) is 0 Å². The first-order chi connectivity index (χ1) is 30.9. The van der Waals surface area contributed by atoms with Crippen molar-refractivity contribution in [2.45, 2.75) is 27.1 Å². The number of thiazole rings is 2. The summed E-state index contributed by atoms with van der Waals surface area (Å²) in [7, 11) is -1.35. The molecule has 0 aliphatic heterocycles. The number of hydrogen-bond acceptors (Lipinski definition) is 16. The summed E-state index contributed by atoms with van der Waals surface area (Å²) in [6, 6.07) is 30.4. The van der Waals surface area contributed by atoms with Crippen molar-refractivity contribution in [3.05, 3.63) is 153 Å². The van der Waals surface area contributed by atoms with Crippen LogP contribution in [0.15, 0.2) is 120 Å². The lowest BCUT2D eigenvalue weighted by Gasteiger charge is -2.07. The molecule has 0 unspecified atom stereocenters. The third-order valence-corrected chi connectivity index (χ3v) is 14.9. The Bertz CT molecular complexity index is 3270. The van der Waals surface area contributed by atoms with Gasteiger partial charge < -0.3 is 19.5 Å². The molecule has 10 rings (SSSR count). The summed E-state index contributed by atoms with van der Waals surface area (Å²) in [6.07, 6.45) is 0. The van der Waals surface area contributed by atoms with Crippen LogP contribution in [-0.4, -0.2) is 47.4 Å². The van der Waals surface area contributed by atoms with Crippen molar-refractivity contribution in [2.75, 3.05) is 0 Å². The second-order valence-corrected chi connectivity index (χ2v) is 19.9. The zero-order chi connectivity index (χ0) is 44.9. The maximum Gasteiger partial charge on any atom is 0.499 e. The normalized spacial score (nSPS) is 11.0. The number of nitrogens with one attached hydrogen (secondary N) is 2. The molecule has 0 saturated carbocycles. The number of aromatic amines is 2. The number of aryl methyl sites for hydroxylation is 2. The monoisotopic (exact) mass is 1030 g/mol. The van der Waals surface area contributed by atoms with E-state index in [9.17, 15) is 9.59 Å². The molecular formula is C42H30BBrCl2N6O8S4. The summed E-state index contributed by atoms with van der Waals surface area (Å²) >= 11 is 22.2. The predicted molar refractivity (Wildman–Crippen MR) is 258 cm³/mol. The minimum atomic E-state index is -1.35. The maximum atomic E-state index is 11.1. The Morgan fingerprint density at radius 2 is 1.19 bits per heavy atom. The Morgan fingerprint density at radius 3 is 1.66 bits per heavy atom. The fraction of sp³-hybridized carbons (Fsp3) is 0.0952. The number of hydrogen-bond donors (Lipinski definition) is 4. The first kappa shape index (κ1) is 45.2. The largest absolute Gasteiger partial charge is 0.499 e. The molecule has 22 heteroatoms. The molecule has 0 aliphatic carbocycles. The molecule has 0 aliphatic rings. The molecule has 4 aromatic carbocycles. The van der Waals surface area contributed by atoms with E-state index in [0.29, 0.717) is 50.7 Å². The highest BCUT2D eigenvalue weighted by atomic mass is 79.9. The zero-order valence-corrected chi connectivity index (χ0v) is 39.5. The Kier molecular flexibility index (Phi) is 14.2. The van der Waals surface area contributed by atoms with E-state index in [0.717, 1.165) is 45.0 Å². The molecule has 0 radical (unpaired) electrons. The highest BCUT2D eigenvalue weighted by molar-refractivity contribution is 9.11. The van der Waals surface area contributed by atoms with Gasteiger partial charge in [-0.25, -0.2) is 19.6 Å². The van der Waals surface area contributed by atoms with E-state index in [1.54, 1.807) is 65.1 Å². The van der Waals surface area contributed by atoms with E-state index < -0.39 is 18.6 Å². The molecule has 10 aromatic rings. The minimum Gasteiger partial charge on any atom is -0.488 e. The van der Waals surface area contributed by atoms with E-state index in [1.165, 1.54) is 32.8 Å². The van der Waals surface area contributed by atoms with Crippen LogP contribution in [0, 0.1) is 13.8 Å². The van der Waals surface area contributed by atoms with Crippen molar-refractivity contribution in [2.24, 2.45) is 0 Å². The van der Waals surface area contributed by atoms with Crippen LogP contribution >= 0.6 is 84.5 Å². The van der Waals surface area contributed by atoms with Gasteiger partial charge in [0.15, 0.2) is 15.6 Å². The van der Waals surface area contributed by atoms with Gasteiger partial charge in [0.25, 0.3) is 0 Å². The van der Waals surface area contributed by atoms with Gasteiger partial charge in [-0.05, 0) is 101 Å². The van der Waals surface area contributed by atoms with E-state index >= 15 is 0 Å². The lowest BCUT2D eigenvalue weighted by Crippen LogP contribution is -2.26. The van der Waals surface area contributed by atoms with Crippen molar-refractivity contribution in [3.8, 4) is 44.2 Å². The van der Waals surface area contributed by atoms with E-state index in [4.69, 9.17) is 47.7 Å². The van der Waals surface area contributed by atoms with Gasteiger partial charge in [0.05, 0.1) is 36.1 Å². The molecule has 64 heavy (non-hydrogen) atoms. The number of rotatable bonds is 10. The zero-order valence-electron chi connectivity index (χ0n) is 33.1. The molecule has 324 valence electrons. The summed E-state index contributed by atoms with van der Waals surface area (Å²) in [5, 5.41) is 29.1. The molecule has 0 amide bonds. The van der Waals surface area contributed by atoms with Crippen molar-refractivity contribution in [3.63, 3.8) is 0 Å². The standard InChI is InChI=1S/C21H14ClN3O3S2.C13H9BrClN3O3S.C8H7BO2S/c1-11-18(30-20(23-11)17-8-12-4-2-3-5-16(12)29-17)10-27-13-6-7-14(15(22)9-13)19-24-21(26)28-25-19;1-6-10(22-12(14)16-6)5-20-7-2-3-8(9(15)4-7)11-17-13(19)21-18-11;10-9(11)8-5-6-3-1-2-4-7(6)12-8/h2-9H,10H2,1H3,(H,24,25,26);2-4H,5H2,1H3,(H,17,18,19);1-5,10-11H. The Labute approximate surface area is 397 Å². The third-order valence-electron chi connectivity index (χ3n) is 9.11. The second-order valence-electron chi connectivity index (χ2n) is 13.5. The predicted octanol–water partition coefficient (Wildman–Crippen LogP) is 10.3. The van der Waals surface area contributed by atoms with Crippen LogP contribution in [0.4, 0.5) is 0 Å². The summed E-state index contributed by atoms with van der Waals surface area (Å²) in [4.78, 5) is 39.3. The molecule has 0 fully saturated rings. The Balaban J connectivity index is 0.000000144. The van der Waals surface area contributed by atoms with Gasteiger partial charge in [-0.1, -0.05) is 69.9 Å². The van der Waals surface area contributed by atoms with E-state index in [2.05, 4.69) is 68.4 Å². The third kappa shape index (κ3) is 10.9. The van der Waals surface area contributed by atoms with Crippen LogP contribution < -0.4 is 25.8 Å². The van der Waals surface area contributed by atoms with Crippen LogP contribution in [-0.2, 0) is 13.2 Å². The summed E-state index contributed by atoms with van der Waals surface area (Å²) in [6.45, 7) is 4.72. The van der Waals surface area contributed by atoms with Gasteiger partial charge in [0, 0.05) is 25.3 Å². The minimum absolute atomic E-state index is 0.280. The highest BCUT2D eigenvalue weighted by Crippen LogP contribution is 2.37. The molecule has 6 heterocycles. The quantitative estimate of drug-likeness (QED) is 0.0946. The molecule has 14 nitrogen and oxygen atoms in total. The van der Waals surface area contributed by atoms with Gasteiger partial charge in [-0.3, -0.25) is 19.0 Å². The lowest BCUT2D eigenvalue weighted by atomic mass is 9.89. The molecule has 0 spiro atoms. The average molecular weight is 1040 g/mol. The number of thiophene rings is 2. The molecule has 0 bridgehead atoms. The number of aromatic nitrogens is 6. The van der Waals surface area contributed by atoms with E-state index in [-0.39, 0.29) is 11.6 Å². The van der Waals surface area contributed by atoms with E-state index in [1.807, 2.05) is 50.2 Å². The number of halogens is 3. The fourth-order valence-corrected chi connectivity index (χ4v) is 11.0. The van der Waals surface area contributed by atoms with Crippen molar-refractivity contribution >= 4 is 117 Å². The summed E-state index contributed by atoms with van der Waals surface area (Å²) in [5.74, 6) is 0.537. The molecule has 0 saturated heterocycles. The lowest BCUT2D eigenvalue weighted by molar-refractivity contribution is 0.308. The number of benzene rings is 4. The highest BCUT2D eigenvalue weighted by Gasteiger charge is 2.16. The van der Waals surface area contributed by atoms with Gasteiger partial charge in [-0.15, -0.1) is 45.3 Å². The maximum absolute atomic E-state index is 11.1. The number of fused-ring (bicyclic) bond motifs is 2. The second kappa shape index (κ2) is 20.2. The summed E-state index contributed by atoms with van der Waals surface area (Å²) in [5.41, 5.74) is 3.02. The first-order valence-electron chi connectivity index (χ1n) is 18.8. The van der Waals surface area contributed by atoms with Gasteiger partial charge in [-0.2, -0.15) is 0 Å². The molecule has 4 N–H and O–H groups in total. The van der Waals surface area contributed by atoms with Crippen molar-refractivity contribution in [1.82, 2.24) is 30.2 Å². The molecule has 0 atom stereocenters.